The summed E-state index contributed by atoms with van der Waals surface area (Å²) < 4.78 is 31.6. The van der Waals surface area contributed by atoms with Gasteiger partial charge in [-0.05, 0) is 18.6 Å². The molecule has 1 aromatic rings. The Hall–Kier alpha value is -2.08. The fourth-order valence-electron chi connectivity index (χ4n) is 1.41. The average Bonchev–Trinajstić information content (AvgIpc) is 2.43. The highest BCUT2D eigenvalue weighted by molar-refractivity contribution is 7.88. The van der Waals surface area contributed by atoms with Crippen LogP contribution in [0.4, 0.5) is 4.79 Å². The summed E-state index contributed by atoms with van der Waals surface area (Å²) in [7, 11) is -4.01. The molecule has 0 atom stereocenters. The van der Waals surface area contributed by atoms with Crippen LogP contribution >= 0.6 is 0 Å². The Morgan fingerprint density at radius 3 is 2.76 bits per heavy atom. The molecule has 21 heavy (non-hydrogen) atoms. The number of aliphatic hydroxyl groups excluding tert-OH is 1. The number of carbonyl (C=O) groups is 1. The molecule has 0 spiro atoms. The molecule has 0 saturated heterocycles. The minimum absolute atomic E-state index is 0.0506. The van der Waals surface area contributed by atoms with Gasteiger partial charge >= 0.3 is 16.3 Å². The highest BCUT2D eigenvalue weighted by atomic mass is 32.2. The summed E-state index contributed by atoms with van der Waals surface area (Å²) in [5, 5.41) is 8.68. The lowest BCUT2D eigenvalue weighted by Gasteiger charge is -2.09. The van der Waals surface area contributed by atoms with Gasteiger partial charge in [-0.1, -0.05) is 30.0 Å². The molecule has 0 aliphatic heterocycles. The molecule has 7 nitrogen and oxygen atoms in total. The van der Waals surface area contributed by atoms with Gasteiger partial charge in [0.15, 0.2) is 0 Å². The van der Waals surface area contributed by atoms with Crippen molar-refractivity contribution >= 4 is 16.3 Å². The first kappa shape index (κ1) is 17.0. The molecule has 0 heterocycles. The van der Waals surface area contributed by atoms with E-state index in [9.17, 15) is 13.2 Å². The van der Waals surface area contributed by atoms with E-state index in [4.69, 9.17) is 5.11 Å². The van der Waals surface area contributed by atoms with E-state index in [1.165, 1.54) is 0 Å². The zero-order valence-corrected chi connectivity index (χ0v) is 12.2. The lowest BCUT2D eigenvalue weighted by Crippen LogP contribution is -2.40. The molecule has 0 aliphatic carbocycles. The van der Waals surface area contributed by atoms with Gasteiger partial charge in [0, 0.05) is 12.1 Å². The number of ether oxygens (including phenoxy) is 1. The van der Waals surface area contributed by atoms with Crippen LogP contribution in [0, 0.1) is 11.8 Å². The largest absolute Gasteiger partial charge is 0.449 e. The quantitative estimate of drug-likeness (QED) is 0.669. The van der Waals surface area contributed by atoms with Gasteiger partial charge in [-0.25, -0.2) is 9.52 Å². The predicted molar refractivity (Wildman–Crippen MR) is 76.3 cm³/mol. The smallest absolute Gasteiger partial charge is 0.421 e. The molecule has 3 N–H and O–H groups in total. The Kier molecular flexibility index (Phi) is 6.68. The molecular weight excluding hydrogens is 296 g/mol. The zero-order valence-electron chi connectivity index (χ0n) is 11.4. The van der Waals surface area contributed by atoms with E-state index < -0.39 is 16.3 Å². The summed E-state index contributed by atoms with van der Waals surface area (Å²) in [5.41, 5.74) is 1.21. The van der Waals surface area contributed by atoms with Crippen molar-refractivity contribution in [1.82, 2.24) is 9.44 Å². The number of nitrogens with one attached hydrogen (secondary N) is 2. The second-order valence-electron chi connectivity index (χ2n) is 3.76. The first-order valence-electron chi connectivity index (χ1n) is 6.10. The van der Waals surface area contributed by atoms with Crippen LogP contribution in [0.25, 0.3) is 0 Å². The van der Waals surface area contributed by atoms with E-state index in [-0.39, 0.29) is 19.8 Å². The van der Waals surface area contributed by atoms with Gasteiger partial charge in [0.2, 0.25) is 0 Å². The number of amides is 1. The van der Waals surface area contributed by atoms with Crippen molar-refractivity contribution in [2.75, 3.05) is 13.2 Å². The van der Waals surface area contributed by atoms with Crippen LogP contribution < -0.4 is 9.44 Å². The van der Waals surface area contributed by atoms with E-state index in [0.29, 0.717) is 11.1 Å². The highest BCUT2D eigenvalue weighted by Crippen LogP contribution is 2.07. The SMILES string of the molecule is CCOC(=O)NS(=O)(=O)NCc1ccccc1C#CCO. The molecule has 114 valence electrons. The maximum absolute atomic E-state index is 11.6. The lowest BCUT2D eigenvalue weighted by atomic mass is 10.1. The van der Waals surface area contributed by atoms with E-state index in [2.05, 4.69) is 21.3 Å². The molecular formula is C13H16N2O5S. The van der Waals surface area contributed by atoms with Gasteiger partial charge in [0.25, 0.3) is 0 Å². The van der Waals surface area contributed by atoms with Gasteiger partial charge in [0.05, 0.1) is 6.61 Å². The Bertz CT molecular complexity index is 646. The molecule has 1 aromatic carbocycles. The van der Waals surface area contributed by atoms with Crippen LogP contribution in [0.3, 0.4) is 0 Å². The minimum atomic E-state index is -4.01. The third-order valence-corrected chi connectivity index (χ3v) is 3.23. The van der Waals surface area contributed by atoms with Crippen LogP contribution in [0.5, 0.6) is 0 Å². The Morgan fingerprint density at radius 1 is 1.38 bits per heavy atom. The van der Waals surface area contributed by atoms with Crippen LogP contribution in [-0.4, -0.2) is 32.8 Å². The first-order valence-corrected chi connectivity index (χ1v) is 7.58. The molecule has 0 aromatic heterocycles. The van der Waals surface area contributed by atoms with Crippen LogP contribution in [0.1, 0.15) is 18.1 Å². The van der Waals surface area contributed by atoms with Crippen LogP contribution in [0.15, 0.2) is 24.3 Å². The van der Waals surface area contributed by atoms with E-state index >= 15 is 0 Å². The molecule has 0 unspecified atom stereocenters. The molecule has 0 bridgehead atoms. The van der Waals surface area contributed by atoms with Crippen LogP contribution in [0.2, 0.25) is 0 Å². The molecule has 8 heteroatoms. The molecule has 0 radical (unpaired) electrons. The van der Waals surface area contributed by atoms with Crippen molar-refractivity contribution < 1.29 is 23.1 Å². The van der Waals surface area contributed by atoms with Gasteiger partial charge in [-0.15, -0.1) is 0 Å². The summed E-state index contributed by atoms with van der Waals surface area (Å²) in [6.45, 7) is 1.30. The molecule has 1 amide bonds. The van der Waals surface area contributed by atoms with E-state index in [1.807, 2.05) is 0 Å². The van der Waals surface area contributed by atoms with E-state index in [1.54, 1.807) is 35.9 Å². The summed E-state index contributed by atoms with van der Waals surface area (Å²) in [6, 6.07) is 6.86. The second-order valence-corrected chi connectivity index (χ2v) is 5.26. The second kappa shape index (κ2) is 8.26. The monoisotopic (exact) mass is 312 g/mol. The number of hydrogen-bond acceptors (Lipinski definition) is 5. The maximum atomic E-state index is 11.6. The Balaban J connectivity index is 2.73. The molecule has 0 fully saturated rings. The van der Waals surface area contributed by atoms with Gasteiger partial charge in [-0.3, -0.25) is 0 Å². The van der Waals surface area contributed by atoms with Gasteiger partial charge < -0.3 is 9.84 Å². The Morgan fingerprint density at radius 2 is 2.10 bits per heavy atom. The first-order chi connectivity index (χ1) is 9.98. The third kappa shape index (κ3) is 6.27. The van der Waals surface area contributed by atoms with Crippen molar-refractivity contribution in [2.45, 2.75) is 13.5 Å². The van der Waals surface area contributed by atoms with Gasteiger partial charge in [0.1, 0.15) is 6.61 Å². The topological polar surface area (TPSA) is 105 Å². The fraction of sp³-hybridized carbons (Fsp3) is 0.308. The normalized spacial score (nSPS) is 10.4. The average molecular weight is 312 g/mol. The van der Waals surface area contributed by atoms with Gasteiger partial charge in [-0.2, -0.15) is 13.1 Å². The number of hydrogen-bond donors (Lipinski definition) is 3. The summed E-state index contributed by atoms with van der Waals surface area (Å²) in [4.78, 5) is 11.1. The summed E-state index contributed by atoms with van der Waals surface area (Å²) in [6.07, 6.45) is -1.04. The highest BCUT2D eigenvalue weighted by Gasteiger charge is 2.14. The van der Waals surface area contributed by atoms with Crippen molar-refractivity contribution in [3.8, 4) is 11.8 Å². The predicted octanol–water partition coefficient (Wildman–Crippen LogP) is 0.111. The lowest BCUT2D eigenvalue weighted by molar-refractivity contribution is 0.158. The number of aliphatic hydroxyl groups is 1. The zero-order chi connectivity index (χ0) is 15.7. The third-order valence-electron chi connectivity index (χ3n) is 2.27. The molecule has 1 rings (SSSR count). The van der Waals surface area contributed by atoms with Crippen molar-refractivity contribution in [1.29, 1.82) is 0 Å². The van der Waals surface area contributed by atoms with Crippen molar-refractivity contribution in [3.63, 3.8) is 0 Å². The fourth-order valence-corrected chi connectivity index (χ4v) is 2.11. The number of rotatable bonds is 5. The number of benzene rings is 1. The van der Waals surface area contributed by atoms with Crippen molar-refractivity contribution in [2.24, 2.45) is 0 Å². The van der Waals surface area contributed by atoms with Crippen molar-refractivity contribution in [3.05, 3.63) is 35.4 Å². The maximum Gasteiger partial charge on any atom is 0.421 e. The molecule has 0 aliphatic rings. The minimum Gasteiger partial charge on any atom is -0.449 e. The van der Waals surface area contributed by atoms with Crippen LogP contribution in [-0.2, 0) is 21.5 Å². The molecule has 0 saturated carbocycles. The summed E-state index contributed by atoms with van der Waals surface area (Å²) >= 11 is 0. The Labute approximate surface area is 123 Å². The summed E-state index contributed by atoms with van der Waals surface area (Å²) in [5.74, 6) is 5.20. The number of carbonyl (C=O) groups excluding carboxylic acids is 1. The standard InChI is InChI=1S/C13H16N2O5S/c1-2-20-13(17)15-21(18,19)14-10-12-7-4-3-6-11(12)8-5-9-16/h3-4,6-7,14,16H,2,9-10H2,1H3,(H,15,17). The van der Waals surface area contributed by atoms with E-state index in [0.717, 1.165) is 0 Å².